The largest absolute Gasteiger partial charge is 0.307 e. The summed E-state index contributed by atoms with van der Waals surface area (Å²) in [4.78, 5) is 17.7. The third-order valence-electron chi connectivity index (χ3n) is 6.03. The fraction of sp³-hybridized carbons (Fsp3) is 0.348. The van der Waals surface area contributed by atoms with Gasteiger partial charge in [0.15, 0.2) is 0 Å². The van der Waals surface area contributed by atoms with Gasteiger partial charge in [-0.1, -0.05) is 47.0 Å². The average molecular weight is 415 g/mol. The van der Waals surface area contributed by atoms with Crippen molar-refractivity contribution in [2.24, 2.45) is 0 Å². The van der Waals surface area contributed by atoms with Gasteiger partial charge in [-0.15, -0.1) is 6.58 Å². The third kappa shape index (κ3) is 3.47. The number of rotatable bonds is 3. The summed E-state index contributed by atoms with van der Waals surface area (Å²) in [6, 6.07) is 11.5. The molecule has 0 unspecified atom stereocenters. The van der Waals surface area contributed by atoms with Gasteiger partial charge in [0, 0.05) is 39.8 Å². The van der Waals surface area contributed by atoms with Crippen molar-refractivity contribution in [3.8, 4) is 0 Å². The van der Waals surface area contributed by atoms with Crippen molar-refractivity contribution in [2.75, 3.05) is 31.1 Å². The second-order valence-corrected chi connectivity index (χ2v) is 8.81. The van der Waals surface area contributed by atoms with E-state index in [1.54, 1.807) is 18.2 Å². The first-order valence-electron chi connectivity index (χ1n) is 9.64. The van der Waals surface area contributed by atoms with Crippen LogP contribution in [0, 0.1) is 6.92 Å². The molecule has 0 atom stereocenters. The van der Waals surface area contributed by atoms with Crippen molar-refractivity contribution in [1.82, 2.24) is 4.90 Å². The summed E-state index contributed by atoms with van der Waals surface area (Å²) in [7, 11) is 0. The maximum Gasteiger partial charge on any atom is 0.258 e. The summed E-state index contributed by atoms with van der Waals surface area (Å²) >= 11 is 12.3. The predicted molar refractivity (Wildman–Crippen MR) is 117 cm³/mol. The minimum atomic E-state index is -0.0418. The van der Waals surface area contributed by atoms with Gasteiger partial charge >= 0.3 is 0 Å². The van der Waals surface area contributed by atoms with Crippen LogP contribution in [-0.4, -0.2) is 37.0 Å². The Morgan fingerprint density at radius 1 is 1.14 bits per heavy atom. The highest BCUT2D eigenvalue weighted by Gasteiger charge is 2.46. The summed E-state index contributed by atoms with van der Waals surface area (Å²) in [6.07, 6.45) is 4.04. The van der Waals surface area contributed by atoms with E-state index >= 15 is 0 Å². The van der Waals surface area contributed by atoms with E-state index < -0.39 is 0 Å². The number of benzene rings is 2. The van der Waals surface area contributed by atoms with Crippen LogP contribution in [0.1, 0.15) is 34.3 Å². The summed E-state index contributed by atoms with van der Waals surface area (Å²) in [5.74, 6) is -0.0418. The molecule has 5 heteroatoms. The van der Waals surface area contributed by atoms with Gasteiger partial charge < -0.3 is 4.90 Å². The number of carbonyl (C=O) groups is 1. The van der Waals surface area contributed by atoms with Crippen LogP contribution in [0.4, 0.5) is 5.69 Å². The molecule has 1 spiro atoms. The lowest BCUT2D eigenvalue weighted by Gasteiger charge is -2.39. The number of halogens is 2. The number of piperidine rings is 1. The van der Waals surface area contributed by atoms with Crippen LogP contribution < -0.4 is 4.90 Å². The van der Waals surface area contributed by atoms with Gasteiger partial charge in [-0.25, -0.2) is 0 Å². The molecule has 0 aromatic heterocycles. The number of hydrogen-bond donors (Lipinski definition) is 0. The molecule has 146 valence electrons. The summed E-state index contributed by atoms with van der Waals surface area (Å²) < 4.78 is 0. The van der Waals surface area contributed by atoms with E-state index in [4.69, 9.17) is 23.2 Å². The molecule has 1 amide bonds. The normalized spacial score (nSPS) is 18.3. The zero-order valence-electron chi connectivity index (χ0n) is 16.0. The fourth-order valence-electron chi connectivity index (χ4n) is 4.57. The number of fused-ring (bicyclic) bond motifs is 2. The molecule has 0 bridgehead atoms. The Hall–Kier alpha value is -1.81. The molecule has 1 fully saturated rings. The van der Waals surface area contributed by atoms with Crippen LogP contribution in [0.2, 0.25) is 10.0 Å². The van der Waals surface area contributed by atoms with E-state index in [9.17, 15) is 4.79 Å². The Kier molecular flexibility index (Phi) is 5.26. The van der Waals surface area contributed by atoms with Crippen LogP contribution in [-0.2, 0) is 5.41 Å². The number of aryl methyl sites for hydroxylation is 1. The second-order valence-electron chi connectivity index (χ2n) is 7.94. The zero-order chi connectivity index (χ0) is 19.9. The van der Waals surface area contributed by atoms with Gasteiger partial charge in [0.25, 0.3) is 5.91 Å². The molecule has 3 nitrogen and oxygen atoms in total. The number of nitrogens with zero attached hydrogens (tertiary/aromatic N) is 2. The minimum Gasteiger partial charge on any atom is -0.307 e. The van der Waals surface area contributed by atoms with Gasteiger partial charge in [0.05, 0.1) is 0 Å². The topological polar surface area (TPSA) is 23.6 Å². The van der Waals surface area contributed by atoms with E-state index in [-0.39, 0.29) is 11.3 Å². The first-order valence-corrected chi connectivity index (χ1v) is 10.4. The van der Waals surface area contributed by atoms with Gasteiger partial charge in [0.2, 0.25) is 0 Å². The van der Waals surface area contributed by atoms with Gasteiger partial charge in [-0.05, 0) is 62.7 Å². The molecule has 2 aromatic carbocycles. The highest BCUT2D eigenvalue weighted by molar-refractivity contribution is 6.35. The Bertz CT molecular complexity index is 912. The molecule has 2 aliphatic heterocycles. The summed E-state index contributed by atoms with van der Waals surface area (Å²) in [5, 5.41) is 0.957. The number of carbonyl (C=O) groups excluding carboxylic acids is 1. The monoisotopic (exact) mass is 414 g/mol. The molecule has 1 saturated heterocycles. The summed E-state index contributed by atoms with van der Waals surface area (Å²) in [5.41, 5.74) is 4.09. The van der Waals surface area contributed by atoms with Crippen LogP contribution >= 0.6 is 23.2 Å². The van der Waals surface area contributed by atoms with Crippen LogP contribution in [0.25, 0.3) is 0 Å². The highest BCUT2D eigenvalue weighted by atomic mass is 35.5. The lowest BCUT2D eigenvalue weighted by atomic mass is 9.74. The number of likely N-dealkylation sites (tertiary alicyclic amines) is 1. The van der Waals surface area contributed by atoms with E-state index in [2.05, 4.69) is 36.6 Å². The number of amides is 1. The van der Waals surface area contributed by atoms with Crippen LogP contribution in [0.3, 0.4) is 0 Å². The molecular weight excluding hydrogens is 391 g/mol. The van der Waals surface area contributed by atoms with E-state index in [0.29, 0.717) is 22.2 Å². The van der Waals surface area contributed by atoms with E-state index in [1.165, 1.54) is 11.1 Å². The van der Waals surface area contributed by atoms with Gasteiger partial charge in [-0.2, -0.15) is 0 Å². The van der Waals surface area contributed by atoms with Crippen molar-refractivity contribution in [3.63, 3.8) is 0 Å². The molecule has 2 heterocycles. The minimum absolute atomic E-state index is 0.0110. The summed E-state index contributed by atoms with van der Waals surface area (Å²) in [6.45, 7) is 9.63. The number of anilines is 1. The molecule has 4 rings (SSSR count). The first kappa shape index (κ1) is 19.5. The van der Waals surface area contributed by atoms with Crippen molar-refractivity contribution in [2.45, 2.75) is 25.2 Å². The highest BCUT2D eigenvalue weighted by Crippen LogP contribution is 2.48. The maximum atomic E-state index is 13.4. The van der Waals surface area contributed by atoms with Gasteiger partial charge in [0.1, 0.15) is 0 Å². The Labute approximate surface area is 176 Å². The molecular formula is C23H24Cl2N2O. The van der Waals surface area contributed by atoms with Gasteiger partial charge in [-0.3, -0.25) is 9.69 Å². The molecule has 28 heavy (non-hydrogen) atoms. The number of hydrogen-bond acceptors (Lipinski definition) is 2. The quantitative estimate of drug-likeness (QED) is 0.620. The Morgan fingerprint density at radius 3 is 2.46 bits per heavy atom. The van der Waals surface area contributed by atoms with Crippen LogP contribution in [0.15, 0.2) is 49.1 Å². The smallest absolute Gasteiger partial charge is 0.258 e. The fourth-order valence-corrected chi connectivity index (χ4v) is 5.10. The molecule has 0 radical (unpaired) electrons. The SMILES string of the molecule is C=CCN1CCC2(CC1)CN(C(=O)c1cc(Cl)cc(Cl)c1)c1ccc(C)cc12. The first-order chi connectivity index (χ1) is 13.4. The Morgan fingerprint density at radius 2 is 1.82 bits per heavy atom. The average Bonchev–Trinajstić information content (AvgIpc) is 2.96. The Balaban J connectivity index is 1.69. The zero-order valence-corrected chi connectivity index (χ0v) is 17.6. The maximum absolute atomic E-state index is 13.4. The van der Waals surface area contributed by atoms with Crippen molar-refractivity contribution >= 4 is 34.8 Å². The molecule has 0 N–H and O–H groups in total. The van der Waals surface area contributed by atoms with Crippen molar-refractivity contribution < 1.29 is 4.79 Å². The van der Waals surface area contributed by atoms with E-state index in [0.717, 1.165) is 38.2 Å². The lowest BCUT2D eigenvalue weighted by molar-refractivity contribution is 0.0977. The molecule has 0 saturated carbocycles. The predicted octanol–water partition coefficient (Wildman–Crippen LogP) is 5.48. The molecule has 2 aliphatic rings. The lowest BCUT2D eigenvalue weighted by Crippen LogP contribution is -2.46. The van der Waals surface area contributed by atoms with Crippen molar-refractivity contribution in [1.29, 1.82) is 0 Å². The second kappa shape index (κ2) is 7.55. The molecule has 2 aromatic rings. The van der Waals surface area contributed by atoms with E-state index in [1.807, 2.05) is 11.0 Å². The van der Waals surface area contributed by atoms with Crippen LogP contribution in [0.5, 0.6) is 0 Å². The van der Waals surface area contributed by atoms with Crippen molar-refractivity contribution in [3.05, 3.63) is 75.8 Å². The third-order valence-corrected chi connectivity index (χ3v) is 6.47. The standard InChI is InChI=1S/C23H24Cl2N2O/c1-3-8-26-9-6-23(7-10-26)15-27(21-5-4-16(2)11-20(21)23)22(28)17-12-18(24)14-19(25)13-17/h3-5,11-14H,1,6-10,15H2,2H3. The molecule has 0 aliphatic carbocycles.